The number of imidazole rings is 1. The van der Waals surface area contributed by atoms with Crippen LogP contribution >= 0.6 is 0 Å². The molecule has 0 unspecified atom stereocenters. The molecule has 5 aromatic heterocycles. The van der Waals surface area contributed by atoms with Crippen LogP contribution in [0.15, 0.2) is 140 Å². The number of hydrogen-bond donors (Lipinski definition) is 0. The minimum Gasteiger partial charge on any atom is -0.0579 e. The molecule has 0 amide bonds. The summed E-state index contributed by atoms with van der Waals surface area (Å²) in [7, 11) is 1.99. The number of pyridine rings is 1. The molecule has 7 aromatic carbocycles. The predicted octanol–water partition coefficient (Wildman–Crippen LogP) is 13.7. The van der Waals surface area contributed by atoms with Gasteiger partial charge in [-0.05, 0) is 35.0 Å². The van der Waals surface area contributed by atoms with Crippen molar-refractivity contribution >= 4 is 70.9 Å². The molecule has 0 aliphatic rings. The summed E-state index contributed by atoms with van der Waals surface area (Å²) >= 11 is 2.26. The van der Waals surface area contributed by atoms with Crippen LogP contribution < -0.4 is 4.74 Å². The maximum absolute atomic E-state index is 8.83. The zero-order valence-electron chi connectivity index (χ0n) is 40.2. The molecular weight excluding hydrogens is 942 g/mol. The molecule has 0 fully saturated rings. The number of fused-ring (bicyclic) bond motifs is 10. The van der Waals surface area contributed by atoms with Gasteiger partial charge in [0.1, 0.15) is 0 Å². The van der Waals surface area contributed by atoms with Gasteiger partial charge in [0.25, 0.3) is 0 Å². The van der Waals surface area contributed by atoms with Crippen molar-refractivity contribution in [3.05, 3.63) is 172 Å². The van der Waals surface area contributed by atoms with Gasteiger partial charge >= 0.3 is 205 Å². The minimum atomic E-state index is -2.52. The van der Waals surface area contributed by atoms with E-state index in [-0.39, 0.29) is 28.0 Å². The first kappa shape index (κ1) is 31.1. The third kappa shape index (κ3) is 5.39. The standard InChI is InChI=1S/C55H41N5O.Pt/c1-33-18-23-37(58-32-57(6)47-16-9-10-17-48(47)58)27-52(33)61-38-24-25-40-43-29-44-42-14-11-13-41-39-12-7-8-15-46(39)60(54(41)42)51(44)30-50(43)59(49(40)28-38)53-26-34(2)45(31-56-53)35-19-21-36(22-20-35)55(3,4)5;/h7-26,29-31H,1-6H3;/q-2;/i1D3,2D3;. The molecule has 6 nitrogen and oxygen atoms in total. The van der Waals surface area contributed by atoms with E-state index in [4.69, 9.17) is 17.9 Å². The normalized spacial score (nSPS) is 14.3. The molecule has 0 saturated heterocycles. The van der Waals surface area contributed by atoms with Gasteiger partial charge in [0, 0.05) is 37.4 Å². The average molecular weight is 989 g/mol. The fourth-order valence-electron chi connectivity index (χ4n) is 9.36. The second-order valence-electron chi connectivity index (χ2n) is 17.1. The van der Waals surface area contributed by atoms with Gasteiger partial charge in [-0.25, -0.2) is 0 Å². The van der Waals surface area contributed by atoms with Crippen LogP contribution in [0.4, 0.5) is 0 Å². The second kappa shape index (κ2) is 13.4. The SMILES string of the molecule is [2H]C([2H])([2H])c1ccc(-n2[c](=[Pt])n(C)c3ccccc32)[c-]c1Oc1[c-]c2c(cc1)c1cc3c4cccc5c6ccccc6n(c3cc1n2-c1cc(C([2H])([2H])[2H])c(-c2ccc(C(C)(C)C)cc2)cn1)c54. The summed E-state index contributed by atoms with van der Waals surface area (Å²) < 4.78 is 67.9. The fraction of sp³-hybridized carbons (Fsp3) is 0.127. The van der Waals surface area contributed by atoms with E-state index in [0.29, 0.717) is 22.6 Å². The Bertz CT molecular complexity index is 4110. The smallest absolute Gasteiger partial charge is 0.0579 e. The maximum atomic E-state index is 8.83. The van der Waals surface area contributed by atoms with Gasteiger partial charge in [0.15, 0.2) is 0 Å². The Morgan fingerprint density at radius 2 is 1.35 bits per heavy atom. The van der Waals surface area contributed by atoms with Gasteiger partial charge in [0.05, 0.1) is 16.6 Å². The van der Waals surface area contributed by atoms with Crippen LogP contribution in [-0.2, 0) is 31.8 Å². The summed E-state index contributed by atoms with van der Waals surface area (Å²) in [5, 5.41) is 6.26. The van der Waals surface area contributed by atoms with Crippen LogP contribution in [-0.4, -0.2) is 23.1 Å². The predicted molar refractivity (Wildman–Crippen MR) is 250 cm³/mol. The molecule has 0 aliphatic heterocycles. The van der Waals surface area contributed by atoms with E-state index < -0.39 is 13.7 Å². The van der Waals surface area contributed by atoms with Crippen molar-refractivity contribution in [2.24, 2.45) is 7.05 Å². The van der Waals surface area contributed by atoms with Crippen molar-refractivity contribution < 1.29 is 32.3 Å². The van der Waals surface area contributed by atoms with Crippen LogP contribution in [0.3, 0.4) is 0 Å². The van der Waals surface area contributed by atoms with Gasteiger partial charge < -0.3 is 4.40 Å². The molecule has 12 aromatic rings. The number of rotatable bonds is 5. The Balaban J connectivity index is 1.10. The van der Waals surface area contributed by atoms with Gasteiger partial charge in [0.2, 0.25) is 0 Å². The summed E-state index contributed by atoms with van der Waals surface area (Å²) in [4.78, 5) is 5.05. The van der Waals surface area contributed by atoms with E-state index in [1.165, 1.54) is 5.39 Å². The number of hydrogen-bond acceptors (Lipinski definition) is 2. The first-order valence-corrected chi connectivity index (χ1v) is 21.7. The number of ether oxygens (including phenoxy) is 1. The molecule has 0 radical (unpaired) electrons. The molecule has 0 aliphatic carbocycles. The Hall–Kier alpha value is -6.75. The average Bonchev–Trinajstić information content (AvgIpc) is 4.01. The van der Waals surface area contributed by atoms with Crippen LogP contribution in [0.5, 0.6) is 11.5 Å². The van der Waals surface area contributed by atoms with Crippen LogP contribution in [0, 0.1) is 29.6 Å². The summed E-state index contributed by atoms with van der Waals surface area (Å²) in [5.74, 6) is 0.679. The summed E-state index contributed by atoms with van der Waals surface area (Å²) in [6.45, 7) is 1.44. The number of nitrogens with zero attached hydrogens (tertiary/aromatic N) is 5. The van der Waals surface area contributed by atoms with Crippen LogP contribution in [0.2, 0.25) is 0 Å². The quantitative estimate of drug-likeness (QED) is 0.161. The van der Waals surface area contributed by atoms with Gasteiger partial charge in [-0.2, -0.15) is 0 Å². The molecule has 0 bridgehead atoms. The summed E-state index contributed by atoms with van der Waals surface area (Å²) in [6, 6.07) is 50.8. The number of para-hydroxylation sites is 4. The first-order chi connectivity index (χ1) is 32.5. The van der Waals surface area contributed by atoms with Gasteiger partial charge in [-0.3, -0.25) is 0 Å². The Kier molecular flexibility index (Phi) is 6.72. The van der Waals surface area contributed by atoms with Crippen molar-refractivity contribution in [3.8, 4) is 34.1 Å². The molecule has 62 heavy (non-hydrogen) atoms. The van der Waals surface area contributed by atoms with E-state index in [9.17, 15) is 0 Å². The molecule has 0 saturated carbocycles. The van der Waals surface area contributed by atoms with Crippen molar-refractivity contribution in [3.63, 3.8) is 0 Å². The number of aromatic nitrogens is 5. The second-order valence-corrected chi connectivity index (χ2v) is 18.1. The van der Waals surface area contributed by atoms with E-state index in [1.807, 2.05) is 70.8 Å². The summed E-state index contributed by atoms with van der Waals surface area (Å²) in [5.41, 5.74) is 9.63. The van der Waals surface area contributed by atoms with Gasteiger partial charge in [-0.1, -0.05) is 81.4 Å². The molecule has 0 atom stereocenters. The number of aryl methyl sites for hydroxylation is 3. The Labute approximate surface area is 378 Å². The Morgan fingerprint density at radius 3 is 2.15 bits per heavy atom. The minimum absolute atomic E-state index is 0.00166. The molecule has 12 rings (SSSR count). The van der Waals surface area contributed by atoms with E-state index in [2.05, 4.69) is 116 Å². The zero-order valence-corrected chi connectivity index (χ0v) is 36.5. The molecule has 0 spiro atoms. The molecular formula is C55H41N5OPt-2. The third-order valence-corrected chi connectivity index (χ3v) is 13.7. The molecule has 5 heterocycles. The fourth-order valence-corrected chi connectivity index (χ4v) is 10.2. The topological polar surface area (TPSA) is 41.3 Å². The first-order valence-electron chi connectivity index (χ1n) is 23.5. The van der Waals surface area contributed by atoms with Crippen LogP contribution in [0.1, 0.15) is 45.7 Å². The third-order valence-electron chi connectivity index (χ3n) is 12.4. The number of benzene rings is 7. The Morgan fingerprint density at radius 1 is 0.629 bits per heavy atom. The summed E-state index contributed by atoms with van der Waals surface area (Å²) in [6.07, 6.45) is 1.66. The monoisotopic (exact) mass is 988 g/mol. The van der Waals surface area contributed by atoms with Crippen molar-refractivity contribution in [2.45, 2.75) is 39.9 Å². The zero-order chi connectivity index (χ0) is 47.2. The van der Waals surface area contributed by atoms with Crippen molar-refractivity contribution in [2.75, 3.05) is 0 Å². The van der Waals surface area contributed by atoms with E-state index >= 15 is 0 Å². The van der Waals surface area contributed by atoms with E-state index in [1.54, 1.807) is 30.5 Å². The van der Waals surface area contributed by atoms with E-state index in [0.717, 1.165) is 75.0 Å². The molecule has 7 heteroatoms. The molecule has 304 valence electrons. The van der Waals surface area contributed by atoms with Gasteiger partial charge in [-0.15, -0.1) is 0 Å². The van der Waals surface area contributed by atoms with Crippen molar-refractivity contribution in [1.82, 2.24) is 23.1 Å². The molecule has 0 N–H and O–H groups in total. The van der Waals surface area contributed by atoms with Crippen molar-refractivity contribution in [1.29, 1.82) is 0 Å². The van der Waals surface area contributed by atoms with Crippen LogP contribution in [0.25, 0.3) is 93.6 Å².